The lowest BCUT2D eigenvalue weighted by Gasteiger charge is -2.12. The molecule has 8 rings (SSSR count). The highest BCUT2D eigenvalue weighted by Gasteiger charge is 2.17. The number of pyridine rings is 1. The predicted molar refractivity (Wildman–Crippen MR) is 165 cm³/mol. The van der Waals surface area contributed by atoms with Crippen LogP contribution in [0.15, 0.2) is 121 Å². The molecule has 0 bridgehead atoms. The van der Waals surface area contributed by atoms with Gasteiger partial charge in [-0.05, 0) is 18.2 Å². The topological polar surface area (TPSA) is 77.3 Å². The summed E-state index contributed by atoms with van der Waals surface area (Å²) in [7, 11) is 0. The minimum atomic E-state index is 0.594. The summed E-state index contributed by atoms with van der Waals surface area (Å²) in [6.45, 7) is 0. The second-order valence-electron chi connectivity index (χ2n) is 9.72. The van der Waals surface area contributed by atoms with Crippen LogP contribution in [0.1, 0.15) is 0 Å². The first-order valence-electron chi connectivity index (χ1n) is 13.2. The van der Waals surface area contributed by atoms with Crippen molar-refractivity contribution in [2.24, 2.45) is 0 Å². The molecule has 0 fully saturated rings. The monoisotopic (exact) mass is 544 g/mol. The predicted octanol–water partition coefficient (Wildman–Crippen LogP) is 8.25. The van der Waals surface area contributed by atoms with Gasteiger partial charge in [0.25, 0.3) is 0 Å². The number of nitrogens with zero attached hydrogens (tertiary/aromatic N) is 6. The molecule has 0 saturated carbocycles. The largest absolute Gasteiger partial charge is 0.247 e. The molecule has 0 spiro atoms. The summed E-state index contributed by atoms with van der Waals surface area (Å²) in [6.07, 6.45) is 0. The van der Waals surface area contributed by atoms with Crippen LogP contribution in [0.25, 0.3) is 78.1 Å². The van der Waals surface area contributed by atoms with Crippen molar-refractivity contribution in [3.05, 3.63) is 121 Å². The maximum Gasteiger partial charge on any atom is 0.164 e. The van der Waals surface area contributed by atoms with Crippen LogP contribution in [-0.2, 0) is 0 Å². The van der Waals surface area contributed by atoms with E-state index in [0.29, 0.717) is 17.5 Å². The van der Waals surface area contributed by atoms with E-state index in [-0.39, 0.29) is 0 Å². The Balaban J connectivity index is 1.39. The standard InChI is InChI=1S/C34H20N6S/c1-4-10-21(11-5-1)30-26-18-19-27-31(40-41-39-27)29(26)25-17-16-24(20-28(25)35-30)34-37-32(22-12-6-2-7-13-22)36-33(38-34)23-14-8-3-9-15-23/h1-20H. The summed E-state index contributed by atoms with van der Waals surface area (Å²) in [6, 6.07) is 40.6. The Labute approximate surface area is 239 Å². The molecule has 6 nitrogen and oxygen atoms in total. The first-order chi connectivity index (χ1) is 20.3. The van der Waals surface area contributed by atoms with Crippen LogP contribution in [0, 0.1) is 0 Å². The summed E-state index contributed by atoms with van der Waals surface area (Å²) in [5, 5.41) is 3.12. The molecule has 3 aromatic heterocycles. The number of hydrogen-bond donors (Lipinski definition) is 0. The summed E-state index contributed by atoms with van der Waals surface area (Å²) in [5.41, 5.74) is 7.31. The van der Waals surface area contributed by atoms with E-state index < -0.39 is 0 Å². The lowest BCUT2D eigenvalue weighted by molar-refractivity contribution is 1.07. The maximum absolute atomic E-state index is 5.20. The molecule has 192 valence electrons. The van der Waals surface area contributed by atoms with Crippen LogP contribution in [0.5, 0.6) is 0 Å². The van der Waals surface area contributed by atoms with Crippen molar-refractivity contribution < 1.29 is 0 Å². The van der Waals surface area contributed by atoms with Crippen LogP contribution >= 0.6 is 11.7 Å². The fourth-order valence-corrected chi connectivity index (χ4v) is 5.77. The molecule has 0 saturated heterocycles. The molecule has 3 heterocycles. The quantitative estimate of drug-likeness (QED) is 0.208. The van der Waals surface area contributed by atoms with Gasteiger partial charge in [0.15, 0.2) is 17.5 Å². The number of rotatable bonds is 4. The van der Waals surface area contributed by atoms with E-state index in [1.54, 1.807) is 0 Å². The van der Waals surface area contributed by atoms with Crippen molar-refractivity contribution in [1.29, 1.82) is 0 Å². The van der Waals surface area contributed by atoms with Gasteiger partial charge in [0, 0.05) is 38.4 Å². The molecule has 0 aliphatic heterocycles. The molecule has 0 amide bonds. The lowest BCUT2D eigenvalue weighted by atomic mass is 9.98. The molecule has 0 unspecified atom stereocenters. The van der Waals surface area contributed by atoms with E-state index in [0.717, 1.165) is 60.7 Å². The zero-order valence-electron chi connectivity index (χ0n) is 21.6. The second kappa shape index (κ2) is 9.66. The molecule has 41 heavy (non-hydrogen) atoms. The average molecular weight is 545 g/mol. The van der Waals surface area contributed by atoms with E-state index in [1.165, 1.54) is 11.7 Å². The molecular weight excluding hydrogens is 524 g/mol. The Kier molecular flexibility index (Phi) is 5.53. The van der Waals surface area contributed by atoms with Crippen molar-refractivity contribution in [3.8, 4) is 45.4 Å². The third-order valence-corrected chi connectivity index (χ3v) is 7.73. The molecule has 0 N–H and O–H groups in total. The van der Waals surface area contributed by atoms with Gasteiger partial charge in [-0.3, -0.25) is 0 Å². The highest BCUT2D eigenvalue weighted by atomic mass is 32.1. The van der Waals surface area contributed by atoms with E-state index in [9.17, 15) is 0 Å². The molecule has 8 aromatic rings. The van der Waals surface area contributed by atoms with Gasteiger partial charge >= 0.3 is 0 Å². The van der Waals surface area contributed by atoms with Gasteiger partial charge in [0.2, 0.25) is 0 Å². The van der Waals surface area contributed by atoms with Gasteiger partial charge in [-0.1, -0.05) is 103 Å². The third kappa shape index (κ3) is 4.11. The Morgan fingerprint density at radius 2 is 0.976 bits per heavy atom. The fourth-order valence-electron chi connectivity index (χ4n) is 5.23. The SMILES string of the molecule is c1ccc(-c2nc(-c3ccccc3)nc(-c3ccc4c(c3)nc(-c3ccccc3)c3ccc5nsnc5c34)n2)cc1. The Morgan fingerprint density at radius 1 is 0.415 bits per heavy atom. The van der Waals surface area contributed by atoms with Gasteiger partial charge in [0.05, 0.1) is 22.9 Å². The van der Waals surface area contributed by atoms with Crippen LogP contribution in [0.4, 0.5) is 0 Å². The smallest absolute Gasteiger partial charge is 0.164 e. The summed E-state index contributed by atoms with van der Waals surface area (Å²) >= 11 is 1.23. The van der Waals surface area contributed by atoms with Gasteiger partial charge < -0.3 is 0 Å². The van der Waals surface area contributed by atoms with Gasteiger partial charge in [-0.15, -0.1) is 0 Å². The summed E-state index contributed by atoms with van der Waals surface area (Å²) < 4.78 is 9.18. The Hall–Kier alpha value is -5.40. The first kappa shape index (κ1) is 23.5. The van der Waals surface area contributed by atoms with Crippen LogP contribution in [0.2, 0.25) is 0 Å². The zero-order valence-corrected chi connectivity index (χ0v) is 22.5. The third-order valence-electron chi connectivity index (χ3n) is 7.19. The van der Waals surface area contributed by atoms with Gasteiger partial charge in [0.1, 0.15) is 11.0 Å². The molecule has 0 aliphatic carbocycles. The summed E-state index contributed by atoms with van der Waals surface area (Å²) in [5.74, 6) is 1.85. The second-order valence-corrected chi connectivity index (χ2v) is 10.2. The van der Waals surface area contributed by atoms with Crippen LogP contribution in [0.3, 0.4) is 0 Å². The number of aromatic nitrogens is 6. The Bertz CT molecular complexity index is 2140. The van der Waals surface area contributed by atoms with E-state index in [1.807, 2.05) is 84.9 Å². The van der Waals surface area contributed by atoms with E-state index in [2.05, 4.69) is 45.1 Å². The highest BCUT2D eigenvalue weighted by Crippen LogP contribution is 2.37. The van der Waals surface area contributed by atoms with E-state index in [4.69, 9.17) is 19.9 Å². The van der Waals surface area contributed by atoms with Crippen molar-refractivity contribution in [3.63, 3.8) is 0 Å². The maximum atomic E-state index is 5.20. The van der Waals surface area contributed by atoms with Crippen molar-refractivity contribution in [2.75, 3.05) is 0 Å². The normalized spacial score (nSPS) is 11.4. The minimum Gasteiger partial charge on any atom is -0.247 e. The first-order valence-corrected chi connectivity index (χ1v) is 14.0. The minimum absolute atomic E-state index is 0.594. The van der Waals surface area contributed by atoms with Gasteiger partial charge in [-0.25, -0.2) is 19.9 Å². The lowest BCUT2D eigenvalue weighted by Crippen LogP contribution is -2.00. The van der Waals surface area contributed by atoms with Gasteiger partial charge in [-0.2, -0.15) is 8.75 Å². The van der Waals surface area contributed by atoms with Crippen molar-refractivity contribution >= 4 is 44.4 Å². The number of benzene rings is 5. The number of fused-ring (bicyclic) bond motifs is 5. The highest BCUT2D eigenvalue weighted by molar-refractivity contribution is 7.00. The molecule has 0 atom stereocenters. The number of hydrogen-bond acceptors (Lipinski definition) is 7. The Morgan fingerprint density at radius 3 is 1.61 bits per heavy atom. The van der Waals surface area contributed by atoms with Crippen LogP contribution in [-0.4, -0.2) is 28.7 Å². The van der Waals surface area contributed by atoms with E-state index >= 15 is 0 Å². The molecular formula is C34H20N6S. The van der Waals surface area contributed by atoms with Crippen molar-refractivity contribution in [1.82, 2.24) is 28.7 Å². The molecule has 0 aliphatic rings. The zero-order chi connectivity index (χ0) is 27.2. The van der Waals surface area contributed by atoms with Crippen molar-refractivity contribution in [2.45, 2.75) is 0 Å². The molecule has 0 radical (unpaired) electrons. The summed E-state index contributed by atoms with van der Waals surface area (Å²) in [4.78, 5) is 19.9. The fraction of sp³-hybridized carbons (Fsp3) is 0. The van der Waals surface area contributed by atoms with Crippen LogP contribution < -0.4 is 0 Å². The average Bonchev–Trinajstić information content (AvgIpc) is 3.54. The molecule has 5 aromatic carbocycles. The molecule has 7 heteroatoms.